The van der Waals surface area contributed by atoms with Crippen LogP contribution in [-0.2, 0) is 20.3 Å². The number of hydrogen-bond donors (Lipinski definition) is 2. The number of nitrogens with zero attached hydrogens (tertiary/aromatic N) is 1. The molecule has 194 valence electrons. The van der Waals surface area contributed by atoms with Crippen molar-refractivity contribution in [1.82, 2.24) is 0 Å². The lowest BCUT2D eigenvalue weighted by Crippen LogP contribution is -2.49. The van der Waals surface area contributed by atoms with Crippen molar-refractivity contribution in [3.05, 3.63) is 23.3 Å². The number of aliphatic imine (C=N–C) groups is 1. The molecule has 0 spiro atoms. The van der Waals surface area contributed by atoms with Gasteiger partial charge < -0.3 is 14.9 Å². The molecule has 0 aromatic heterocycles. The van der Waals surface area contributed by atoms with Gasteiger partial charge >= 0.3 is 5.97 Å². The Labute approximate surface area is 212 Å². The second-order valence-electron chi connectivity index (χ2n) is 10.4. The number of rotatable bonds is 2. The first-order valence-electron chi connectivity index (χ1n) is 12.3. The Kier molecular flexibility index (Phi) is 11.1. The Balaban J connectivity index is 2.30. The SMILES string of the molecule is CC1=NC(/C=C(\C)C2C/C=C(/C)CCCC(C)C(O)C(C)S(=O)C(C)(C)C(O)CC(=O)O2)CS1. The predicted molar refractivity (Wildman–Crippen MR) is 143 cm³/mol. The number of carbonyl (C=O) groups is 1. The highest BCUT2D eigenvalue weighted by Crippen LogP contribution is 2.29. The van der Waals surface area contributed by atoms with Gasteiger partial charge in [0.25, 0.3) is 0 Å². The molecular weight excluding hydrogens is 470 g/mol. The third-order valence-corrected chi connectivity index (χ3v) is 10.3. The van der Waals surface area contributed by atoms with Crippen molar-refractivity contribution in [2.45, 2.75) is 115 Å². The van der Waals surface area contributed by atoms with E-state index in [2.05, 4.69) is 24.1 Å². The fourth-order valence-electron chi connectivity index (χ4n) is 4.43. The highest BCUT2D eigenvalue weighted by atomic mass is 32.2. The first-order valence-corrected chi connectivity index (χ1v) is 14.5. The quantitative estimate of drug-likeness (QED) is 0.415. The highest BCUT2D eigenvalue weighted by Gasteiger charge is 2.41. The topological polar surface area (TPSA) is 96.2 Å². The average Bonchev–Trinajstić information content (AvgIpc) is 3.18. The lowest BCUT2D eigenvalue weighted by atomic mass is 9.94. The van der Waals surface area contributed by atoms with Gasteiger partial charge in [0.05, 0.1) is 39.7 Å². The zero-order valence-electron chi connectivity index (χ0n) is 21.7. The minimum Gasteiger partial charge on any atom is -0.457 e. The molecule has 0 aromatic carbocycles. The van der Waals surface area contributed by atoms with Crippen LogP contribution < -0.4 is 0 Å². The Morgan fingerprint density at radius 2 is 1.97 bits per heavy atom. The average molecular weight is 514 g/mol. The maximum Gasteiger partial charge on any atom is 0.309 e. The second-order valence-corrected chi connectivity index (χ2v) is 14.0. The maximum atomic E-state index is 13.3. The minimum absolute atomic E-state index is 0.0104. The van der Waals surface area contributed by atoms with Crippen molar-refractivity contribution in [2.24, 2.45) is 10.9 Å². The van der Waals surface area contributed by atoms with E-state index in [1.165, 1.54) is 5.57 Å². The van der Waals surface area contributed by atoms with Gasteiger partial charge in [0.1, 0.15) is 6.10 Å². The summed E-state index contributed by atoms with van der Waals surface area (Å²) >= 11 is 1.73. The number of esters is 1. The predicted octanol–water partition coefficient (Wildman–Crippen LogP) is 4.56. The molecule has 7 unspecified atom stereocenters. The summed E-state index contributed by atoms with van der Waals surface area (Å²) in [7, 11) is -1.55. The molecule has 2 rings (SSSR count). The molecule has 0 aliphatic carbocycles. The van der Waals surface area contributed by atoms with Crippen LogP contribution in [0.15, 0.2) is 28.3 Å². The molecule has 0 aromatic rings. The monoisotopic (exact) mass is 513 g/mol. The van der Waals surface area contributed by atoms with Crippen LogP contribution in [0.4, 0.5) is 0 Å². The first kappa shape index (κ1) is 29.3. The smallest absolute Gasteiger partial charge is 0.309 e. The molecule has 0 saturated heterocycles. The van der Waals surface area contributed by atoms with Gasteiger partial charge in [-0.25, -0.2) is 0 Å². The molecule has 6 nitrogen and oxygen atoms in total. The zero-order valence-corrected chi connectivity index (χ0v) is 23.4. The molecule has 7 atom stereocenters. The van der Waals surface area contributed by atoms with Crippen molar-refractivity contribution in [3.8, 4) is 0 Å². The maximum absolute atomic E-state index is 13.3. The summed E-state index contributed by atoms with van der Waals surface area (Å²) in [6.07, 6.45) is 4.81. The third-order valence-electron chi connectivity index (χ3n) is 7.04. The summed E-state index contributed by atoms with van der Waals surface area (Å²) in [5, 5.41) is 22.2. The van der Waals surface area contributed by atoms with E-state index in [0.717, 1.165) is 35.6 Å². The molecule has 8 heteroatoms. The van der Waals surface area contributed by atoms with Gasteiger partial charge in [0.15, 0.2) is 0 Å². The molecular formula is C26H43NO5S2. The largest absolute Gasteiger partial charge is 0.457 e. The summed E-state index contributed by atoms with van der Waals surface area (Å²) in [6.45, 7) is 13.2. The van der Waals surface area contributed by atoms with Crippen LogP contribution in [-0.4, -0.2) is 65.5 Å². The number of thioether (sulfide) groups is 1. The fourth-order valence-corrected chi connectivity index (χ4v) is 7.06. The number of aliphatic hydroxyl groups is 2. The Hall–Kier alpha value is -0.960. The third kappa shape index (κ3) is 8.04. The number of allylic oxidation sites excluding steroid dienone is 1. The number of hydrogen-bond acceptors (Lipinski definition) is 7. The normalized spacial score (nSPS) is 38.6. The van der Waals surface area contributed by atoms with Gasteiger partial charge in [-0.05, 0) is 72.3 Å². The summed E-state index contributed by atoms with van der Waals surface area (Å²) in [5.74, 6) is 0.360. The molecule has 2 N–H and O–H groups in total. The Bertz CT molecular complexity index is 835. The van der Waals surface area contributed by atoms with Crippen LogP contribution in [0.25, 0.3) is 0 Å². The number of aliphatic hydroxyl groups excluding tert-OH is 2. The Morgan fingerprint density at radius 1 is 1.29 bits per heavy atom. The minimum atomic E-state index is -1.55. The van der Waals surface area contributed by atoms with Gasteiger partial charge in [0, 0.05) is 23.0 Å². The van der Waals surface area contributed by atoms with E-state index in [0.29, 0.717) is 6.42 Å². The van der Waals surface area contributed by atoms with Crippen LogP contribution >= 0.6 is 11.8 Å². The van der Waals surface area contributed by atoms with Crippen LogP contribution in [0.5, 0.6) is 0 Å². The molecule has 0 bridgehead atoms. The van der Waals surface area contributed by atoms with Gasteiger partial charge in [-0.3, -0.25) is 14.0 Å². The van der Waals surface area contributed by atoms with Crippen LogP contribution in [0.1, 0.15) is 80.6 Å². The van der Waals surface area contributed by atoms with E-state index in [1.54, 1.807) is 32.5 Å². The molecule has 2 heterocycles. The molecule has 0 radical (unpaired) electrons. The van der Waals surface area contributed by atoms with E-state index >= 15 is 0 Å². The van der Waals surface area contributed by atoms with E-state index in [4.69, 9.17) is 4.74 Å². The summed E-state index contributed by atoms with van der Waals surface area (Å²) < 4.78 is 18.1. The number of cyclic esters (lactones) is 1. The Morgan fingerprint density at radius 3 is 2.59 bits per heavy atom. The molecule has 0 fully saturated rings. The van der Waals surface area contributed by atoms with Crippen LogP contribution in [0.3, 0.4) is 0 Å². The fraction of sp³-hybridized carbons (Fsp3) is 0.769. The van der Waals surface area contributed by atoms with E-state index in [-0.39, 0.29) is 18.4 Å². The van der Waals surface area contributed by atoms with Crippen molar-refractivity contribution in [1.29, 1.82) is 0 Å². The first-order chi connectivity index (χ1) is 15.8. The lowest BCUT2D eigenvalue weighted by molar-refractivity contribution is -0.149. The molecule has 0 amide bonds. The van der Waals surface area contributed by atoms with Crippen molar-refractivity contribution >= 4 is 33.6 Å². The van der Waals surface area contributed by atoms with Crippen LogP contribution in [0.2, 0.25) is 0 Å². The van der Waals surface area contributed by atoms with E-state index < -0.39 is 45.1 Å². The lowest BCUT2D eigenvalue weighted by Gasteiger charge is -2.35. The van der Waals surface area contributed by atoms with E-state index in [1.807, 2.05) is 20.8 Å². The number of carbonyl (C=O) groups excluding carboxylic acids is 1. The standard InChI is InChI=1S/C26H43NO5S2/c1-16-9-8-10-17(2)25(30)19(4)34(31)26(6,7)23(28)14-24(29)32-22(12-11-16)18(3)13-21-15-33-20(5)27-21/h11,13,17,19,21-23,25,28,30H,8-10,12,14-15H2,1-7H3/b16-11-,18-13+. The van der Waals surface area contributed by atoms with Crippen LogP contribution in [0, 0.1) is 5.92 Å². The summed E-state index contributed by atoms with van der Waals surface area (Å²) in [6, 6.07) is 0.0792. The molecule has 0 saturated carbocycles. The zero-order chi connectivity index (χ0) is 25.6. The van der Waals surface area contributed by atoms with Crippen molar-refractivity contribution in [3.63, 3.8) is 0 Å². The molecule has 2 aliphatic rings. The van der Waals surface area contributed by atoms with Gasteiger partial charge in [-0.1, -0.05) is 24.6 Å². The highest BCUT2D eigenvalue weighted by molar-refractivity contribution is 8.14. The van der Waals surface area contributed by atoms with Gasteiger partial charge in [-0.15, -0.1) is 11.8 Å². The summed E-state index contributed by atoms with van der Waals surface area (Å²) in [4.78, 5) is 17.5. The van der Waals surface area contributed by atoms with Crippen molar-refractivity contribution < 1.29 is 24.0 Å². The molecule has 2 aliphatic heterocycles. The molecule has 34 heavy (non-hydrogen) atoms. The van der Waals surface area contributed by atoms with E-state index in [9.17, 15) is 19.2 Å². The summed E-state index contributed by atoms with van der Waals surface area (Å²) in [5.41, 5.74) is 2.16. The van der Waals surface area contributed by atoms with Crippen molar-refractivity contribution in [2.75, 3.05) is 5.75 Å². The van der Waals surface area contributed by atoms with Gasteiger partial charge in [0.2, 0.25) is 0 Å². The van der Waals surface area contributed by atoms with Gasteiger partial charge in [-0.2, -0.15) is 0 Å². The number of ether oxygens (including phenoxy) is 1. The second kappa shape index (κ2) is 12.8.